The number of hydrogen-bond acceptors (Lipinski definition) is 2. The number of benzene rings is 2. The SMILES string of the molecule is O=C(Cc1ccc(C(F)(F)F)cc1)N1CCC(N2c3ccccc3NS2=O)CC1. The van der Waals surface area contributed by atoms with E-state index in [1.165, 1.54) is 12.1 Å². The van der Waals surface area contributed by atoms with Crippen LogP contribution >= 0.6 is 0 Å². The third-order valence-electron chi connectivity index (χ3n) is 5.30. The lowest BCUT2D eigenvalue weighted by Gasteiger charge is -2.36. The van der Waals surface area contributed by atoms with Crippen LogP contribution in [0.3, 0.4) is 0 Å². The molecule has 1 saturated heterocycles. The minimum Gasteiger partial charge on any atom is -0.342 e. The molecule has 4 rings (SSSR count). The van der Waals surface area contributed by atoms with E-state index in [4.69, 9.17) is 0 Å². The van der Waals surface area contributed by atoms with Crippen LogP contribution < -0.4 is 9.03 Å². The zero-order valence-electron chi connectivity index (χ0n) is 15.5. The number of anilines is 2. The fourth-order valence-corrected chi connectivity index (χ4v) is 5.04. The highest BCUT2D eigenvalue weighted by atomic mass is 32.2. The van der Waals surface area contributed by atoms with Crippen molar-refractivity contribution in [2.24, 2.45) is 0 Å². The fourth-order valence-electron chi connectivity index (χ4n) is 3.76. The van der Waals surface area contributed by atoms with Gasteiger partial charge in [0, 0.05) is 19.1 Å². The van der Waals surface area contributed by atoms with E-state index in [0.717, 1.165) is 23.5 Å². The molecule has 2 aromatic rings. The van der Waals surface area contributed by atoms with Crippen LogP contribution in [0.25, 0.3) is 0 Å². The van der Waals surface area contributed by atoms with Crippen molar-refractivity contribution in [3.63, 3.8) is 0 Å². The predicted octanol–water partition coefficient (Wildman–Crippen LogP) is 3.75. The fraction of sp³-hybridized carbons (Fsp3) is 0.350. The molecule has 154 valence electrons. The van der Waals surface area contributed by atoms with Crippen LogP contribution in [0.15, 0.2) is 48.5 Å². The van der Waals surface area contributed by atoms with Gasteiger partial charge in [0.1, 0.15) is 0 Å². The molecule has 0 saturated carbocycles. The maximum atomic E-state index is 12.7. The molecule has 2 aliphatic rings. The van der Waals surface area contributed by atoms with Crippen molar-refractivity contribution in [1.29, 1.82) is 0 Å². The number of nitrogens with one attached hydrogen (secondary N) is 1. The van der Waals surface area contributed by atoms with Crippen molar-refractivity contribution in [2.45, 2.75) is 31.5 Å². The molecule has 0 bridgehead atoms. The van der Waals surface area contributed by atoms with Crippen LogP contribution in [0, 0.1) is 0 Å². The summed E-state index contributed by atoms with van der Waals surface area (Å²) in [7, 11) is 0. The Balaban J connectivity index is 1.35. The van der Waals surface area contributed by atoms with Crippen LogP contribution in [0.2, 0.25) is 0 Å². The summed E-state index contributed by atoms with van der Waals surface area (Å²) in [6.07, 6.45) is -2.95. The monoisotopic (exact) mass is 423 g/mol. The van der Waals surface area contributed by atoms with Crippen LogP contribution in [-0.4, -0.2) is 34.1 Å². The second kappa shape index (κ2) is 7.70. The lowest BCUT2D eigenvalue weighted by molar-refractivity contribution is -0.137. The van der Waals surface area contributed by atoms with Crippen molar-refractivity contribution < 1.29 is 22.2 Å². The zero-order chi connectivity index (χ0) is 20.6. The van der Waals surface area contributed by atoms with E-state index < -0.39 is 22.9 Å². The maximum Gasteiger partial charge on any atom is 0.416 e. The Morgan fingerprint density at radius 1 is 1.07 bits per heavy atom. The molecule has 5 nitrogen and oxygen atoms in total. The Hall–Kier alpha value is -2.55. The number of fused-ring (bicyclic) bond motifs is 1. The summed E-state index contributed by atoms with van der Waals surface area (Å²) in [4.78, 5) is 14.3. The molecule has 1 N–H and O–H groups in total. The maximum absolute atomic E-state index is 12.7. The highest BCUT2D eigenvalue weighted by Gasteiger charge is 2.35. The molecule has 29 heavy (non-hydrogen) atoms. The van der Waals surface area contributed by atoms with Gasteiger partial charge in [-0.25, -0.2) is 4.21 Å². The lowest BCUT2D eigenvalue weighted by atomic mass is 10.0. The van der Waals surface area contributed by atoms with E-state index in [2.05, 4.69) is 4.72 Å². The van der Waals surface area contributed by atoms with E-state index in [-0.39, 0.29) is 18.4 Å². The first-order valence-electron chi connectivity index (χ1n) is 9.33. The van der Waals surface area contributed by atoms with E-state index >= 15 is 0 Å². The number of para-hydroxylation sites is 2. The summed E-state index contributed by atoms with van der Waals surface area (Å²) >= 11 is -1.33. The Labute approximate surface area is 169 Å². The average molecular weight is 423 g/mol. The molecule has 0 spiro atoms. The molecule has 2 heterocycles. The number of carbonyl (C=O) groups is 1. The smallest absolute Gasteiger partial charge is 0.342 e. The molecular formula is C20H20F3N3O2S. The normalized spacial score (nSPS) is 19.8. The minimum atomic E-state index is -4.38. The number of halogens is 3. The summed E-state index contributed by atoms with van der Waals surface area (Å²) < 4.78 is 55.2. The van der Waals surface area contributed by atoms with Gasteiger partial charge in [0.25, 0.3) is 0 Å². The first-order valence-corrected chi connectivity index (χ1v) is 10.4. The van der Waals surface area contributed by atoms with Crippen molar-refractivity contribution >= 4 is 28.5 Å². The predicted molar refractivity (Wildman–Crippen MR) is 105 cm³/mol. The van der Waals surface area contributed by atoms with Gasteiger partial charge in [-0.2, -0.15) is 13.2 Å². The highest BCUT2D eigenvalue weighted by molar-refractivity contribution is 7.88. The third kappa shape index (κ3) is 4.10. The van der Waals surface area contributed by atoms with E-state index in [0.29, 0.717) is 31.5 Å². The van der Waals surface area contributed by atoms with Gasteiger partial charge in [-0.15, -0.1) is 0 Å². The standard InChI is InChI=1S/C20H20F3N3O2S/c21-20(22,23)15-7-5-14(6-8-15)13-19(27)25-11-9-16(10-12-25)26-18-4-2-1-3-17(18)24-29(26)28/h1-8,16,24H,9-13H2. The summed E-state index contributed by atoms with van der Waals surface area (Å²) in [6.45, 7) is 1.06. The zero-order valence-corrected chi connectivity index (χ0v) is 16.3. The van der Waals surface area contributed by atoms with Crippen LogP contribution in [0.1, 0.15) is 24.0 Å². The first kappa shape index (κ1) is 19.8. The molecule has 0 aromatic heterocycles. The Morgan fingerprint density at radius 2 is 1.72 bits per heavy atom. The number of nitrogens with zero attached hydrogens (tertiary/aromatic N) is 2. The van der Waals surface area contributed by atoms with Gasteiger partial charge in [-0.05, 0) is 42.7 Å². The Kier molecular flexibility index (Phi) is 5.24. The number of alkyl halides is 3. The number of carbonyl (C=O) groups excluding carboxylic acids is 1. The molecule has 1 fully saturated rings. The van der Waals surface area contributed by atoms with Gasteiger partial charge in [-0.3, -0.25) is 13.8 Å². The van der Waals surface area contributed by atoms with Gasteiger partial charge in [-0.1, -0.05) is 24.3 Å². The molecule has 2 aliphatic heterocycles. The summed E-state index contributed by atoms with van der Waals surface area (Å²) in [5.74, 6) is -0.107. The van der Waals surface area contributed by atoms with Crippen molar-refractivity contribution in [1.82, 2.24) is 4.90 Å². The number of likely N-dealkylation sites (tertiary alicyclic amines) is 1. The molecule has 1 amide bonds. The Bertz CT molecular complexity index is 925. The molecular weight excluding hydrogens is 403 g/mol. The molecule has 0 aliphatic carbocycles. The summed E-state index contributed by atoms with van der Waals surface area (Å²) in [6, 6.07) is 12.4. The topological polar surface area (TPSA) is 52.7 Å². The summed E-state index contributed by atoms with van der Waals surface area (Å²) in [5.41, 5.74) is 1.58. The van der Waals surface area contributed by atoms with Gasteiger partial charge < -0.3 is 4.90 Å². The lowest BCUT2D eigenvalue weighted by Crippen LogP contribution is -2.47. The number of amides is 1. The number of hydrogen-bond donors (Lipinski definition) is 1. The van der Waals surface area contributed by atoms with Gasteiger partial charge in [0.05, 0.1) is 23.4 Å². The highest BCUT2D eigenvalue weighted by Crippen LogP contribution is 2.37. The van der Waals surface area contributed by atoms with E-state index in [1.807, 2.05) is 28.6 Å². The number of rotatable bonds is 3. The van der Waals surface area contributed by atoms with Crippen molar-refractivity contribution in [3.8, 4) is 0 Å². The van der Waals surface area contributed by atoms with Crippen molar-refractivity contribution in [3.05, 3.63) is 59.7 Å². The molecule has 9 heteroatoms. The van der Waals surface area contributed by atoms with E-state index in [9.17, 15) is 22.2 Å². The summed E-state index contributed by atoms with van der Waals surface area (Å²) in [5, 5.41) is 0. The van der Waals surface area contributed by atoms with Crippen LogP contribution in [0.4, 0.5) is 24.5 Å². The van der Waals surface area contributed by atoms with Crippen LogP contribution in [0.5, 0.6) is 0 Å². The molecule has 1 atom stereocenters. The van der Waals surface area contributed by atoms with Crippen molar-refractivity contribution in [2.75, 3.05) is 22.1 Å². The van der Waals surface area contributed by atoms with Crippen LogP contribution in [-0.2, 0) is 28.6 Å². The number of piperidine rings is 1. The third-order valence-corrected chi connectivity index (χ3v) is 6.55. The molecule has 0 radical (unpaired) electrons. The second-order valence-electron chi connectivity index (χ2n) is 7.18. The molecule has 2 aromatic carbocycles. The van der Waals surface area contributed by atoms with Gasteiger partial charge in [0.15, 0.2) is 0 Å². The average Bonchev–Trinajstić information content (AvgIpc) is 3.03. The largest absolute Gasteiger partial charge is 0.416 e. The minimum absolute atomic E-state index is 0.0575. The quantitative estimate of drug-likeness (QED) is 0.818. The van der Waals surface area contributed by atoms with E-state index in [1.54, 1.807) is 4.90 Å². The Morgan fingerprint density at radius 3 is 2.38 bits per heavy atom. The molecule has 1 unspecified atom stereocenters. The second-order valence-corrected chi connectivity index (χ2v) is 8.27. The first-order chi connectivity index (χ1) is 13.8. The van der Waals surface area contributed by atoms with Gasteiger partial charge in [0.2, 0.25) is 17.1 Å². The van der Waals surface area contributed by atoms with Gasteiger partial charge >= 0.3 is 6.18 Å².